The number of hydrogen-bond acceptors (Lipinski definition) is 3. The predicted octanol–water partition coefficient (Wildman–Crippen LogP) is 0.913. The van der Waals surface area contributed by atoms with Gasteiger partial charge in [-0.05, 0) is 19.9 Å². The molecule has 0 aliphatic carbocycles. The molecule has 0 heterocycles. The molecular formula is C11H19N3O. The maximum Gasteiger partial charge on any atom is 0.237 e. The van der Waals surface area contributed by atoms with E-state index in [2.05, 4.69) is 18.0 Å². The van der Waals surface area contributed by atoms with Crippen LogP contribution in [0.15, 0.2) is 12.7 Å². The van der Waals surface area contributed by atoms with E-state index in [1.54, 1.807) is 6.08 Å². The first kappa shape index (κ1) is 13.7. The molecule has 15 heavy (non-hydrogen) atoms. The van der Waals surface area contributed by atoms with Gasteiger partial charge in [0.2, 0.25) is 5.91 Å². The van der Waals surface area contributed by atoms with Crippen molar-refractivity contribution >= 4 is 5.91 Å². The third-order valence-corrected chi connectivity index (χ3v) is 2.13. The van der Waals surface area contributed by atoms with Gasteiger partial charge < -0.3 is 5.32 Å². The second-order valence-electron chi connectivity index (χ2n) is 3.34. The second-order valence-corrected chi connectivity index (χ2v) is 3.34. The summed E-state index contributed by atoms with van der Waals surface area (Å²) < 4.78 is 0. The zero-order valence-corrected chi connectivity index (χ0v) is 9.49. The van der Waals surface area contributed by atoms with Gasteiger partial charge >= 0.3 is 0 Å². The lowest BCUT2D eigenvalue weighted by Crippen LogP contribution is -2.45. The zero-order valence-electron chi connectivity index (χ0n) is 9.49. The summed E-state index contributed by atoms with van der Waals surface area (Å²) in [5.41, 5.74) is 0. The van der Waals surface area contributed by atoms with Gasteiger partial charge in [0.1, 0.15) is 0 Å². The number of carbonyl (C=O) groups is 1. The summed E-state index contributed by atoms with van der Waals surface area (Å²) in [4.78, 5) is 13.4. The Labute approximate surface area is 91.6 Å². The minimum Gasteiger partial charge on any atom is -0.351 e. The van der Waals surface area contributed by atoms with E-state index in [-0.39, 0.29) is 18.5 Å². The van der Waals surface area contributed by atoms with Gasteiger partial charge in [0.15, 0.2) is 0 Å². The molecule has 1 atom stereocenters. The average molecular weight is 209 g/mol. The Balaban J connectivity index is 4.21. The average Bonchev–Trinajstić information content (AvgIpc) is 2.24. The first-order chi connectivity index (χ1) is 7.17. The minimum atomic E-state index is -0.260. The van der Waals surface area contributed by atoms with Crippen molar-refractivity contribution in [2.24, 2.45) is 0 Å². The van der Waals surface area contributed by atoms with Crippen molar-refractivity contribution in [1.29, 1.82) is 5.26 Å². The lowest BCUT2D eigenvalue weighted by atomic mass is 10.2. The highest BCUT2D eigenvalue weighted by Gasteiger charge is 2.19. The highest BCUT2D eigenvalue weighted by molar-refractivity contribution is 5.81. The van der Waals surface area contributed by atoms with Crippen LogP contribution >= 0.6 is 0 Å². The van der Waals surface area contributed by atoms with Crippen LogP contribution in [-0.4, -0.2) is 36.5 Å². The molecule has 1 N–H and O–H groups in total. The summed E-state index contributed by atoms with van der Waals surface area (Å²) in [5.74, 6) is -0.0569. The van der Waals surface area contributed by atoms with Crippen LogP contribution in [0.3, 0.4) is 0 Å². The molecule has 0 aromatic heterocycles. The van der Waals surface area contributed by atoms with Crippen molar-refractivity contribution in [2.45, 2.75) is 26.3 Å². The van der Waals surface area contributed by atoms with Crippen molar-refractivity contribution in [3.8, 4) is 6.07 Å². The lowest BCUT2D eigenvalue weighted by Gasteiger charge is -2.24. The SMILES string of the molecule is C=CCNC(=O)C(C)N(CC#N)CCC. The Morgan fingerprint density at radius 1 is 1.73 bits per heavy atom. The van der Waals surface area contributed by atoms with Crippen LogP contribution in [-0.2, 0) is 4.79 Å². The van der Waals surface area contributed by atoms with Gasteiger partial charge in [-0.15, -0.1) is 6.58 Å². The number of nitrogens with zero attached hydrogens (tertiary/aromatic N) is 2. The zero-order chi connectivity index (χ0) is 11.7. The summed E-state index contributed by atoms with van der Waals surface area (Å²) in [5, 5.41) is 11.4. The molecule has 1 amide bonds. The fourth-order valence-electron chi connectivity index (χ4n) is 1.27. The summed E-state index contributed by atoms with van der Waals surface area (Å²) >= 11 is 0. The molecular weight excluding hydrogens is 190 g/mol. The highest BCUT2D eigenvalue weighted by Crippen LogP contribution is 2.00. The largest absolute Gasteiger partial charge is 0.351 e. The van der Waals surface area contributed by atoms with E-state index in [4.69, 9.17) is 5.26 Å². The molecule has 0 spiro atoms. The van der Waals surface area contributed by atoms with E-state index in [9.17, 15) is 4.79 Å². The summed E-state index contributed by atoms with van der Waals surface area (Å²) in [6.45, 7) is 8.88. The number of hydrogen-bond donors (Lipinski definition) is 1. The molecule has 0 bridgehead atoms. The van der Waals surface area contributed by atoms with Crippen molar-refractivity contribution in [2.75, 3.05) is 19.6 Å². The van der Waals surface area contributed by atoms with Gasteiger partial charge in [-0.2, -0.15) is 5.26 Å². The van der Waals surface area contributed by atoms with Crippen LogP contribution in [0.1, 0.15) is 20.3 Å². The highest BCUT2D eigenvalue weighted by atomic mass is 16.2. The molecule has 0 rings (SSSR count). The van der Waals surface area contributed by atoms with Gasteiger partial charge in [-0.1, -0.05) is 13.0 Å². The number of nitrogens with one attached hydrogen (secondary N) is 1. The van der Waals surface area contributed by atoms with Gasteiger partial charge in [-0.3, -0.25) is 9.69 Å². The molecule has 0 aromatic carbocycles. The molecule has 0 saturated heterocycles. The Kier molecular flexibility index (Phi) is 7.29. The van der Waals surface area contributed by atoms with E-state index in [1.165, 1.54) is 0 Å². The fourth-order valence-corrected chi connectivity index (χ4v) is 1.27. The second kappa shape index (κ2) is 8.01. The van der Waals surface area contributed by atoms with Crippen LogP contribution in [0.5, 0.6) is 0 Å². The van der Waals surface area contributed by atoms with Gasteiger partial charge in [0, 0.05) is 6.54 Å². The smallest absolute Gasteiger partial charge is 0.237 e. The van der Waals surface area contributed by atoms with Crippen molar-refractivity contribution in [3.63, 3.8) is 0 Å². The van der Waals surface area contributed by atoms with Crippen molar-refractivity contribution in [3.05, 3.63) is 12.7 Å². The maximum atomic E-state index is 11.6. The Morgan fingerprint density at radius 2 is 2.40 bits per heavy atom. The summed E-state index contributed by atoms with van der Waals surface area (Å²) in [6, 6.07) is 1.81. The van der Waals surface area contributed by atoms with E-state index >= 15 is 0 Å². The third-order valence-electron chi connectivity index (χ3n) is 2.13. The normalized spacial score (nSPS) is 11.9. The maximum absolute atomic E-state index is 11.6. The minimum absolute atomic E-state index is 0.0569. The van der Waals surface area contributed by atoms with E-state index in [1.807, 2.05) is 18.7 Å². The monoisotopic (exact) mass is 209 g/mol. The molecule has 4 heteroatoms. The molecule has 0 aromatic rings. The first-order valence-corrected chi connectivity index (χ1v) is 5.17. The molecule has 0 aliphatic rings. The summed E-state index contributed by atoms with van der Waals surface area (Å²) in [6.07, 6.45) is 2.57. The number of amides is 1. The first-order valence-electron chi connectivity index (χ1n) is 5.17. The Bertz CT molecular complexity index is 245. The molecule has 84 valence electrons. The van der Waals surface area contributed by atoms with Gasteiger partial charge in [-0.25, -0.2) is 0 Å². The van der Waals surface area contributed by atoms with Crippen LogP contribution < -0.4 is 5.32 Å². The number of nitriles is 1. The summed E-state index contributed by atoms with van der Waals surface area (Å²) in [7, 11) is 0. The van der Waals surface area contributed by atoms with Crippen molar-refractivity contribution in [1.82, 2.24) is 10.2 Å². The fraction of sp³-hybridized carbons (Fsp3) is 0.636. The van der Waals surface area contributed by atoms with Crippen LogP contribution in [0.4, 0.5) is 0 Å². The molecule has 0 fully saturated rings. The van der Waals surface area contributed by atoms with Crippen LogP contribution in [0.25, 0.3) is 0 Å². The van der Waals surface area contributed by atoms with E-state index < -0.39 is 0 Å². The predicted molar refractivity (Wildman–Crippen MR) is 60.1 cm³/mol. The third kappa shape index (κ3) is 5.18. The molecule has 0 saturated carbocycles. The lowest BCUT2D eigenvalue weighted by molar-refractivity contribution is -0.125. The van der Waals surface area contributed by atoms with Crippen molar-refractivity contribution < 1.29 is 4.79 Å². The standard InChI is InChI=1S/C11H19N3O/c1-4-7-13-11(15)10(3)14(8-5-2)9-6-12/h4,10H,1,5,7-9H2,2-3H3,(H,13,15). The van der Waals surface area contributed by atoms with Crippen LogP contribution in [0.2, 0.25) is 0 Å². The van der Waals surface area contributed by atoms with E-state index in [0.29, 0.717) is 6.54 Å². The quantitative estimate of drug-likeness (QED) is 0.501. The number of rotatable bonds is 7. The molecule has 0 aliphatic heterocycles. The molecule has 1 unspecified atom stereocenters. The Morgan fingerprint density at radius 3 is 2.87 bits per heavy atom. The topological polar surface area (TPSA) is 56.1 Å². The van der Waals surface area contributed by atoms with Crippen LogP contribution in [0, 0.1) is 11.3 Å². The van der Waals surface area contributed by atoms with Gasteiger partial charge in [0.25, 0.3) is 0 Å². The molecule has 4 nitrogen and oxygen atoms in total. The number of carbonyl (C=O) groups excluding carboxylic acids is 1. The Hall–Kier alpha value is -1.34. The van der Waals surface area contributed by atoms with E-state index in [0.717, 1.165) is 13.0 Å². The molecule has 0 radical (unpaired) electrons. The van der Waals surface area contributed by atoms with Gasteiger partial charge in [0.05, 0.1) is 18.7 Å².